The summed E-state index contributed by atoms with van der Waals surface area (Å²) in [4.78, 5) is 29.5. The normalized spacial score (nSPS) is 21.2. The highest BCUT2D eigenvalue weighted by Gasteiger charge is 2.41. The van der Waals surface area contributed by atoms with Gasteiger partial charge in [-0.2, -0.15) is 0 Å². The average molecular weight is 542 g/mol. The molecule has 1 saturated carbocycles. The predicted molar refractivity (Wildman–Crippen MR) is 153 cm³/mol. The van der Waals surface area contributed by atoms with E-state index >= 15 is 4.39 Å². The van der Waals surface area contributed by atoms with Crippen molar-refractivity contribution < 1.29 is 19.0 Å². The fourth-order valence-corrected chi connectivity index (χ4v) is 7.03. The maximum Gasteiger partial charge on any atom is 0.341 e. The van der Waals surface area contributed by atoms with E-state index in [-0.39, 0.29) is 23.0 Å². The van der Waals surface area contributed by atoms with Crippen LogP contribution in [0.2, 0.25) is 0 Å². The standard InChI is InChI=1S/C32H32FN3O4/c1-40-31-28-24(30(37)25(32(38)39)17-36(28)22-11-12-22)14-26(33)29(31)35-16-21-9-5-13-34(27(21)18-35)15-20-8-4-7-19-6-2-3-10-23(19)20/h2-4,6-8,10,14,17,21-22,27H,5,9,11-13,15-16,18H2,1H3,(H,38,39)/t21-,27?/m0/s1. The number of benzene rings is 3. The molecule has 206 valence electrons. The van der Waals surface area contributed by atoms with Gasteiger partial charge in [-0.05, 0) is 60.5 Å². The van der Waals surface area contributed by atoms with Gasteiger partial charge in [0.15, 0.2) is 11.6 Å². The Hall–Kier alpha value is -3.91. The Bertz CT molecular complexity index is 1710. The summed E-state index contributed by atoms with van der Waals surface area (Å²) in [6.45, 7) is 3.20. The number of carbonyl (C=O) groups is 1. The third-order valence-electron chi connectivity index (χ3n) is 9.04. The maximum atomic E-state index is 15.9. The lowest BCUT2D eigenvalue weighted by Crippen LogP contribution is -2.44. The van der Waals surface area contributed by atoms with E-state index < -0.39 is 17.2 Å². The Balaban J connectivity index is 1.27. The lowest BCUT2D eigenvalue weighted by molar-refractivity contribution is 0.0694. The molecule has 2 aliphatic heterocycles. The number of hydrogen-bond donors (Lipinski definition) is 1. The van der Waals surface area contributed by atoms with Gasteiger partial charge < -0.3 is 19.3 Å². The van der Waals surface area contributed by atoms with E-state index in [1.165, 1.54) is 35.7 Å². The van der Waals surface area contributed by atoms with Gasteiger partial charge in [-0.25, -0.2) is 9.18 Å². The first-order chi connectivity index (χ1) is 19.4. The number of aromatic carboxylic acids is 1. The molecular weight excluding hydrogens is 509 g/mol. The van der Waals surface area contributed by atoms with Crippen LogP contribution in [0.5, 0.6) is 5.75 Å². The smallest absolute Gasteiger partial charge is 0.341 e. The zero-order chi connectivity index (χ0) is 27.5. The summed E-state index contributed by atoms with van der Waals surface area (Å²) in [5.74, 6) is -1.15. The number of likely N-dealkylation sites (tertiary alicyclic amines) is 1. The molecule has 1 N–H and O–H groups in total. The van der Waals surface area contributed by atoms with Crippen molar-refractivity contribution in [1.82, 2.24) is 9.47 Å². The Labute approximate surface area is 231 Å². The van der Waals surface area contributed by atoms with Gasteiger partial charge in [0, 0.05) is 37.9 Å². The highest BCUT2D eigenvalue weighted by atomic mass is 19.1. The molecule has 1 unspecified atom stereocenters. The molecule has 4 aromatic rings. The van der Waals surface area contributed by atoms with E-state index in [1.807, 2.05) is 4.57 Å². The number of nitrogens with zero attached hydrogens (tertiary/aromatic N) is 3. The molecule has 3 fully saturated rings. The summed E-state index contributed by atoms with van der Waals surface area (Å²) in [5, 5.41) is 12.2. The van der Waals surface area contributed by atoms with Gasteiger partial charge in [0.2, 0.25) is 5.43 Å². The molecule has 0 amide bonds. The molecular formula is C32H32FN3O4. The Morgan fingerprint density at radius 2 is 1.88 bits per heavy atom. The van der Waals surface area contributed by atoms with Crippen molar-refractivity contribution in [3.05, 3.63) is 81.9 Å². The van der Waals surface area contributed by atoms with Crippen LogP contribution >= 0.6 is 0 Å². The zero-order valence-corrected chi connectivity index (χ0v) is 22.5. The van der Waals surface area contributed by atoms with Crippen LogP contribution in [-0.2, 0) is 6.54 Å². The first kappa shape index (κ1) is 25.1. The van der Waals surface area contributed by atoms with Gasteiger partial charge in [0.05, 0.1) is 18.0 Å². The fraction of sp³-hybridized carbons (Fsp3) is 0.375. The molecule has 3 heterocycles. The third-order valence-corrected chi connectivity index (χ3v) is 9.04. The average Bonchev–Trinajstić information content (AvgIpc) is 3.71. The number of aromatic nitrogens is 1. The minimum absolute atomic E-state index is 0.0547. The second-order valence-electron chi connectivity index (χ2n) is 11.4. The minimum atomic E-state index is -1.31. The van der Waals surface area contributed by atoms with Gasteiger partial charge >= 0.3 is 5.97 Å². The fourth-order valence-electron chi connectivity index (χ4n) is 7.03. The number of halogens is 1. The molecule has 0 radical (unpaired) electrons. The number of hydrogen-bond acceptors (Lipinski definition) is 5. The van der Waals surface area contributed by atoms with E-state index in [9.17, 15) is 14.7 Å². The predicted octanol–water partition coefficient (Wildman–Crippen LogP) is 5.44. The number of carboxylic acid groups (broad SMARTS) is 1. The van der Waals surface area contributed by atoms with E-state index in [0.717, 1.165) is 38.8 Å². The van der Waals surface area contributed by atoms with E-state index in [4.69, 9.17) is 4.74 Å². The molecule has 1 aromatic heterocycles. The maximum absolute atomic E-state index is 15.9. The highest BCUT2D eigenvalue weighted by Crippen LogP contribution is 2.45. The summed E-state index contributed by atoms with van der Waals surface area (Å²) in [7, 11) is 1.50. The number of rotatable bonds is 6. The number of carboxylic acids is 1. The molecule has 0 spiro atoms. The van der Waals surface area contributed by atoms with Crippen molar-refractivity contribution in [3.63, 3.8) is 0 Å². The first-order valence-corrected chi connectivity index (χ1v) is 14.1. The van der Waals surface area contributed by atoms with Crippen LogP contribution in [0.15, 0.2) is 59.5 Å². The monoisotopic (exact) mass is 541 g/mol. The second-order valence-corrected chi connectivity index (χ2v) is 11.4. The number of piperidine rings is 1. The minimum Gasteiger partial charge on any atom is -0.492 e. The number of fused-ring (bicyclic) bond motifs is 3. The summed E-state index contributed by atoms with van der Waals surface area (Å²) in [6.07, 6.45) is 5.34. The molecule has 7 nitrogen and oxygen atoms in total. The lowest BCUT2D eigenvalue weighted by atomic mass is 9.91. The summed E-state index contributed by atoms with van der Waals surface area (Å²) in [6, 6.07) is 16.5. The Morgan fingerprint density at radius 3 is 2.65 bits per heavy atom. The van der Waals surface area contributed by atoms with Crippen LogP contribution in [0.3, 0.4) is 0 Å². The van der Waals surface area contributed by atoms with Gasteiger partial charge in [0.25, 0.3) is 0 Å². The lowest BCUT2D eigenvalue weighted by Gasteiger charge is -2.37. The summed E-state index contributed by atoms with van der Waals surface area (Å²) < 4.78 is 23.6. The van der Waals surface area contributed by atoms with Crippen molar-refractivity contribution in [2.75, 3.05) is 31.6 Å². The highest BCUT2D eigenvalue weighted by molar-refractivity contribution is 5.97. The second kappa shape index (κ2) is 9.63. The molecule has 2 saturated heterocycles. The quantitative estimate of drug-likeness (QED) is 0.351. The Kier molecular flexibility index (Phi) is 6.04. The number of methoxy groups -OCH3 is 1. The summed E-state index contributed by atoms with van der Waals surface area (Å²) >= 11 is 0. The van der Waals surface area contributed by atoms with Crippen LogP contribution in [0, 0.1) is 11.7 Å². The molecule has 8 heteroatoms. The molecule has 1 aliphatic carbocycles. The van der Waals surface area contributed by atoms with Gasteiger partial charge in [-0.1, -0.05) is 42.5 Å². The molecule has 40 heavy (non-hydrogen) atoms. The number of ether oxygens (including phenoxy) is 1. The van der Waals surface area contributed by atoms with Crippen LogP contribution in [0.1, 0.15) is 47.6 Å². The Morgan fingerprint density at radius 1 is 1.07 bits per heavy atom. The summed E-state index contributed by atoms with van der Waals surface area (Å²) in [5.41, 5.74) is 1.13. The van der Waals surface area contributed by atoms with Gasteiger partial charge in [-0.15, -0.1) is 0 Å². The van der Waals surface area contributed by atoms with Crippen LogP contribution in [-0.4, -0.2) is 53.3 Å². The molecule has 3 aromatic carbocycles. The van der Waals surface area contributed by atoms with Crippen molar-refractivity contribution >= 4 is 33.3 Å². The van der Waals surface area contributed by atoms with Crippen molar-refractivity contribution in [2.45, 2.75) is 44.3 Å². The number of anilines is 1. The van der Waals surface area contributed by atoms with Crippen LogP contribution < -0.4 is 15.1 Å². The molecule has 0 bridgehead atoms. The zero-order valence-electron chi connectivity index (χ0n) is 22.5. The molecule has 2 atom stereocenters. The van der Waals surface area contributed by atoms with E-state index in [2.05, 4.69) is 52.3 Å². The topological polar surface area (TPSA) is 75.0 Å². The van der Waals surface area contributed by atoms with E-state index in [1.54, 1.807) is 0 Å². The van der Waals surface area contributed by atoms with Gasteiger partial charge in [0.1, 0.15) is 11.3 Å². The third kappa shape index (κ3) is 4.04. The van der Waals surface area contributed by atoms with Crippen molar-refractivity contribution in [2.24, 2.45) is 5.92 Å². The first-order valence-electron chi connectivity index (χ1n) is 14.1. The largest absolute Gasteiger partial charge is 0.492 e. The van der Waals surface area contributed by atoms with E-state index in [0.29, 0.717) is 36.0 Å². The van der Waals surface area contributed by atoms with Crippen LogP contribution in [0.4, 0.5) is 10.1 Å². The van der Waals surface area contributed by atoms with Crippen molar-refractivity contribution in [1.29, 1.82) is 0 Å². The molecule has 7 rings (SSSR count). The van der Waals surface area contributed by atoms with Gasteiger partial charge in [-0.3, -0.25) is 9.69 Å². The van der Waals surface area contributed by atoms with Crippen molar-refractivity contribution in [3.8, 4) is 5.75 Å². The van der Waals surface area contributed by atoms with Crippen LogP contribution in [0.25, 0.3) is 21.7 Å². The molecule has 3 aliphatic rings. The number of pyridine rings is 1. The SMILES string of the molecule is COc1c(N2CC3[C@@H](CCCN3Cc3cccc4ccccc34)C2)c(F)cc2c(=O)c(C(=O)O)cn(C3CC3)c12.